The predicted octanol–water partition coefficient (Wildman–Crippen LogP) is 3.65. The van der Waals surface area contributed by atoms with E-state index in [-0.39, 0.29) is 0 Å². The van der Waals surface area contributed by atoms with Crippen LogP contribution < -0.4 is 5.32 Å². The van der Waals surface area contributed by atoms with E-state index in [0.717, 1.165) is 5.02 Å². The average Bonchev–Trinajstić information content (AvgIpc) is 2.23. The van der Waals surface area contributed by atoms with Gasteiger partial charge in [-0.1, -0.05) is 11.6 Å². The van der Waals surface area contributed by atoms with Crippen molar-refractivity contribution in [1.82, 2.24) is 0 Å². The lowest BCUT2D eigenvalue weighted by atomic mass is 10.1. The highest BCUT2D eigenvalue weighted by Gasteiger charge is 2.12. The summed E-state index contributed by atoms with van der Waals surface area (Å²) in [6.45, 7) is 0. The van der Waals surface area contributed by atoms with Gasteiger partial charge in [-0.3, -0.25) is 0 Å². The van der Waals surface area contributed by atoms with Crippen molar-refractivity contribution in [2.24, 2.45) is 0 Å². The Labute approximate surface area is 94.2 Å². The lowest BCUT2D eigenvalue weighted by Crippen LogP contribution is -2.24. The topological polar surface area (TPSA) is 12.0 Å². The zero-order valence-corrected chi connectivity index (χ0v) is 9.57. The number of hydrogen-bond donors (Lipinski definition) is 1. The fourth-order valence-corrected chi connectivity index (χ4v) is 2.86. The summed E-state index contributed by atoms with van der Waals surface area (Å²) in [5, 5.41) is 4.34. The number of anilines is 1. The molecule has 14 heavy (non-hydrogen) atoms. The van der Waals surface area contributed by atoms with E-state index < -0.39 is 0 Å². The van der Waals surface area contributed by atoms with Crippen LogP contribution in [0.3, 0.4) is 0 Å². The third-order valence-electron chi connectivity index (χ3n) is 2.44. The Hall–Kier alpha value is -0.340. The van der Waals surface area contributed by atoms with Crippen molar-refractivity contribution in [2.45, 2.75) is 18.9 Å². The number of benzene rings is 1. The van der Waals surface area contributed by atoms with E-state index in [4.69, 9.17) is 11.6 Å². The van der Waals surface area contributed by atoms with E-state index in [1.807, 2.05) is 24.3 Å². The van der Waals surface area contributed by atoms with Crippen molar-refractivity contribution >= 4 is 29.1 Å². The fraction of sp³-hybridized carbons (Fsp3) is 0.455. The highest BCUT2D eigenvalue weighted by molar-refractivity contribution is 7.99. The summed E-state index contributed by atoms with van der Waals surface area (Å²) in [7, 11) is 0. The molecule has 0 saturated carbocycles. The first-order chi connectivity index (χ1) is 6.84. The molecule has 0 amide bonds. The summed E-state index contributed by atoms with van der Waals surface area (Å²) >= 11 is 7.87. The molecule has 0 aromatic heterocycles. The van der Waals surface area contributed by atoms with Crippen molar-refractivity contribution in [1.29, 1.82) is 0 Å². The van der Waals surface area contributed by atoms with Crippen LogP contribution in [0, 0.1) is 0 Å². The first-order valence-electron chi connectivity index (χ1n) is 4.94. The Kier molecular flexibility index (Phi) is 3.60. The Morgan fingerprint density at radius 3 is 2.43 bits per heavy atom. The molecule has 3 heteroatoms. The summed E-state index contributed by atoms with van der Waals surface area (Å²) in [5.41, 5.74) is 1.19. The minimum atomic E-state index is 0.650. The van der Waals surface area contributed by atoms with Crippen molar-refractivity contribution in [3.63, 3.8) is 0 Å². The molecular weight excluding hydrogens is 214 g/mol. The van der Waals surface area contributed by atoms with Crippen LogP contribution in [0.25, 0.3) is 0 Å². The van der Waals surface area contributed by atoms with Gasteiger partial charge in [-0.25, -0.2) is 0 Å². The van der Waals surface area contributed by atoms with Gasteiger partial charge in [-0.05, 0) is 48.6 Å². The molecule has 1 nitrogen and oxygen atoms in total. The van der Waals surface area contributed by atoms with Crippen molar-refractivity contribution in [3.05, 3.63) is 29.3 Å². The van der Waals surface area contributed by atoms with Gasteiger partial charge in [0.2, 0.25) is 0 Å². The van der Waals surface area contributed by atoms with Crippen LogP contribution >= 0.6 is 23.4 Å². The SMILES string of the molecule is Clc1ccc(NC2CCSCC2)cc1. The second kappa shape index (κ2) is 4.94. The summed E-state index contributed by atoms with van der Waals surface area (Å²) in [5.74, 6) is 2.57. The standard InChI is InChI=1S/C11H14ClNS/c12-9-1-3-10(4-2-9)13-11-5-7-14-8-6-11/h1-4,11,13H,5-8H2. The highest BCUT2D eigenvalue weighted by Crippen LogP contribution is 2.21. The molecular formula is C11H14ClNS. The number of thioether (sulfide) groups is 1. The Bertz CT molecular complexity index is 280. The van der Waals surface area contributed by atoms with Crippen LogP contribution in [0.4, 0.5) is 5.69 Å². The number of halogens is 1. The molecule has 1 N–H and O–H groups in total. The van der Waals surface area contributed by atoms with Crippen molar-refractivity contribution in [2.75, 3.05) is 16.8 Å². The smallest absolute Gasteiger partial charge is 0.0407 e. The maximum Gasteiger partial charge on any atom is 0.0407 e. The van der Waals surface area contributed by atoms with E-state index in [1.165, 1.54) is 30.0 Å². The monoisotopic (exact) mass is 227 g/mol. The van der Waals surface area contributed by atoms with Crippen LogP contribution in [-0.4, -0.2) is 17.5 Å². The Balaban J connectivity index is 1.92. The second-order valence-corrected chi connectivity index (χ2v) is 5.20. The fourth-order valence-electron chi connectivity index (χ4n) is 1.62. The van der Waals surface area contributed by atoms with Crippen molar-refractivity contribution in [3.8, 4) is 0 Å². The lowest BCUT2D eigenvalue weighted by molar-refractivity contribution is 0.667. The van der Waals surface area contributed by atoms with Gasteiger partial charge >= 0.3 is 0 Å². The van der Waals surface area contributed by atoms with E-state index in [9.17, 15) is 0 Å². The molecule has 1 aliphatic heterocycles. The quantitative estimate of drug-likeness (QED) is 0.828. The van der Waals surface area contributed by atoms with Crippen LogP contribution in [0.15, 0.2) is 24.3 Å². The molecule has 1 fully saturated rings. The van der Waals surface area contributed by atoms with E-state index in [1.54, 1.807) is 0 Å². The first kappa shape index (κ1) is 10.2. The summed E-state index contributed by atoms with van der Waals surface area (Å²) in [6.07, 6.45) is 2.54. The van der Waals surface area contributed by atoms with Crippen molar-refractivity contribution < 1.29 is 0 Å². The molecule has 1 heterocycles. The van der Waals surface area contributed by atoms with Gasteiger partial charge in [0.25, 0.3) is 0 Å². The van der Waals surface area contributed by atoms with Crippen LogP contribution in [0.2, 0.25) is 5.02 Å². The average molecular weight is 228 g/mol. The summed E-state index contributed by atoms with van der Waals surface area (Å²) in [6, 6.07) is 8.61. The zero-order valence-electron chi connectivity index (χ0n) is 8.00. The van der Waals surface area contributed by atoms with Gasteiger partial charge in [0.05, 0.1) is 0 Å². The first-order valence-corrected chi connectivity index (χ1v) is 6.48. The molecule has 0 bridgehead atoms. The van der Waals surface area contributed by atoms with Crippen LogP contribution in [0.5, 0.6) is 0 Å². The van der Waals surface area contributed by atoms with Crippen LogP contribution in [-0.2, 0) is 0 Å². The summed E-state index contributed by atoms with van der Waals surface area (Å²) < 4.78 is 0. The maximum absolute atomic E-state index is 5.82. The molecule has 0 spiro atoms. The minimum absolute atomic E-state index is 0.650. The molecule has 1 aromatic carbocycles. The maximum atomic E-state index is 5.82. The molecule has 76 valence electrons. The second-order valence-electron chi connectivity index (χ2n) is 3.54. The van der Waals surface area contributed by atoms with E-state index in [2.05, 4.69) is 17.1 Å². The Morgan fingerprint density at radius 2 is 1.79 bits per heavy atom. The predicted molar refractivity (Wildman–Crippen MR) is 65.4 cm³/mol. The molecule has 0 aliphatic carbocycles. The van der Waals surface area contributed by atoms with Crippen LogP contribution in [0.1, 0.15) is 12.8 Å². The Morgan fingerprint density at radius 1 is 1.14 bits per heavy atom. The zero-order chi connectivity index (χ0) is 9.80. The highest BCUT2D eigenvalue weighted by atomic mass is 35.5. The van der Waals surface area contributed by atoms with Gasteiger partial charge in [-0.15, -0.1) is 0 Å². The van der Waals surface area contributed by atoms with Gasteiger partial charge in [0, 0.05) is 16.8 Å². The molecule has 0 atom stereocenters. The number of nitrogens with one attached hydrogen (secondary N) is 1. The number of hydrogen-bond acceptors (Lipinski definition) is 2. The van der Waals surface area contributed by atoms with Gasteiger partial charge < -0.3 is 5.32 Å². The number of rotatable bonds is 2. The van der Waals surface area contributed by atoms with Gasteiger partial charge in [0.15, 0.2) is 0 Å². The largest absolute Gasteiger partial charge is 0.382 e. The molecule has 1 aliphatic rings. The van der Waals surface area contributed by atoms with E-state index >= 15 is 0 Å². The van der Waals surface area contributed by atoms with E-state index in [0.29, 0.717) is 6.04 Å². The molecule has 0 unspecified atom stereocenters. The lowest BCUT2D eigenvalue weighted by Gasteiger charge is -2.23. The summed E-state index contributed by atoms with van der Waals surface area (Å²) in [4.78, 5) is 0. The minimum Gasteiger partial charge on any atom is -0.382 e. The molecule has 1 saturated heterocycles. The third kappa shape index (κ3) is 2.82. The third-order valence-corrected chi connectivity index (χ3v) is 3.74. The molecule has 2 rings (SSSR count). The normalized spacial score (nSPS) is 18.1. The molecule has 1 aromatic rings. The molecule has 0 radical (unpaired) electrons. The van der Waals surface area contributed by atoms with Gasteiger partial charge in [0.1, 0.15) is 0 Å². The van der Waals surface area contributed by atoms with Gasteiger partial charge in [-0.2, -0.15) is 11.8 Å².